The van der Waals surface area contributed by atoms with E-state index in [4.69, 9.17) is 0 Å². The summed E-state index contributed by atoms with van der Waals surface area (Å²) in [5.74, 6) is 1.68. The predicted molar refractivity (Wildman–Crippen MR) is 127 cm³/mol. The third-order valence-electron chi connectivity index (χ3n) is 4.96. The molecule has 1 aliphatic heterocycles. The van der Waals surface area contributed by atoms with Crippen molar-refractivity contribution < 1.29 is 0 Å². The van der Waals surface area contributed by atoms with Gasteiger partial charge in [-0.15, -0.1) is 24.0 Å². The molecular weight excluding hydrogens is 479 g/mol. The second-order valence-electron chi connectivity index (χ2n) is 7.03. The van der Waals surface area contributed by atoms with Gasteiger partial charge >= 0.3 is 0 Å². The van der Waals surface area contributed by atoms with E-state index in [0.29, 0.717) is 6.54 Å². The molecule has 2 aromatic rings. The molecule has 0 radical (unpaired) electrons. The normalized spacial score (nSPS) is 15.7. The van der Waals surface area contributed by atoms with Gasteiger partial charge in [-0.3, -0.25) is 14.5 Å². The molecule has 0 aliphatic carbocycles. The van der Waals surface area contributed by atoms with E-state index in [1.807, 2.05) is 7.05 Å². The fourth-order valence-electron chi connectivity index (χ4n) is 3.30. The van der Waals surface area contributed by atoms with Crippen LogP contribution in [0.3, 0.4) is 0 Å². The van der Waals surface area contributed by atoms with Gasteiger partial charge in [-0.1, -0.05) is 30.3 Å². The molecule has 0 spiro atoms. The summed E-state index contributed by atoms with van der Waals surface area (Å²) in [5.41, 5.74) is 1.40. The molecular formula is C20H33IN8. The van der Waals surface area contributed by atoms with E-state index in [2.05, 4.69) is 72.8 Å². The number of nitrogens with one attached hydrogen (secondary N) is 2. The number of piperazine rings is 1. The lowest BCUT2D eigenvalue weighted by molar-refractivity contribution is 0.129. The van der Waals surface area contributed by atoms with Crippen LogP contribution in [0.1, 0.15) is 18.3 Å². The first-order chi connectivity index (χ1) is 13.7. The molecule has 160 valence electrons. The van der Waals surface area contributed by atoms with Crippen LogP contribution in [0, 0.1) is 0 Å². The SMILES string of the molecule is CCNC(=NCc1ncnn1C)NCCN1CCN(Cc2ccccc2)CC1.I. The van der Waals surface area contributed by atoms with Crippen molar-refractivity contribution in [1.29, 1.82) is 0 Å². The highest BCUT2D eigenvalue weighted by Crippen LogP contribution is 2.08. The van der Waals surface area contributed by atoms with Crippen molar-refractivity contribution in [1.82, 2.24) is 35.2 Å². The monoisotopic (exact) mass is 512 g/mol. The Balaban J connectivity index is 0.00000300. The highest BCUT2D eigenvalue weighted by atomic mass is 127. The van der Waals surface area contributed by atoms with E-state index < -0.39 is 0 Å². The van der Waals surface area contributed by atoms with Crippen molar-refractivity contribution in [3.63, 3.8) is 0 Å². The Hall–Kier alpha value is -1.72. The summed E-state index contributed by atoms with van der Waals surface area (Å²) in [6, 6.07) is 10.7. The van der Waals surface area contributed by atoms with Crippen molar-refractivity contribution in [2.45, 2.75) is 20.0 Å². The number of halogens is 1. The van der Waals surface area contributed by atoms with Gasteiger partial charge in [0.25, 0.3) is 0 Å². The number of rotatable bonds is 8. The fourth-order valence-corrected chi connectivity index (χ4v) is 3.30. The summed E-state index contributed by atoms with van der Waals surface area (Å²) in [6.45, 7) is 10.8. The molecule has 1 fully saturated rings. The van der Waals surface area contributed by atoms with Crippen molar-refractivity contribution in [2.75, 3.05) is 45.8 Å². The fraction of sp³-hybridized carbons (Fsp3) is 0.550. The Bertz CT molecular complexity index is 725. The molecule has 2 heterocycles. The molecule has 0 amide bonds. The van der Waals surface area contributed by atoms with Crippen molar-refractivity contribution in [3.8, 4) is 0 Å². The topological polar surface area (TPSA) is 73.6 Å². The van der Waals surface area contributed by atoms with Crippen LogP contribution >= 0.6 is 24.0 Å². The molecule has 8 nitrogen and oxygen atoms in total. The standard InChI is InChI=1S/C20H32N8.HI/c1-3-21-20(23-15-19-24-17-25-26(19)2)22-9-10-27-11-13-28(14-12-27)16-18-7-5-4-6-8-18;/h4-8,17H,3,9-16H2,1-2H3,(H2,21,22,23);1H. The summed E-state index contributed by atoms with van der Waals surface area (Å²) < 4.78 is 1.75. The first-order valence-corrected chi connectivity index (χ1v) is 10.1. The maximum absolute atomic E-state index is 4.60. The average molecular weight is 512 g/mol. The number of nitrogens with zero attached hydrogens (tertiary/aromatic N) is 6. The molecule has 9 heteroatoms. The van der Waals surface area contributed by atoms with Crippen LogP contribution in [-0.2, 0) is 20.1 Å². The Kier molecular flexibility index (Phi) is 10.4. The molecule has 1 aromatic carbocycles. The number of hydrogen-bond donors (Lipinski definition) is 2. The second kappa shape index (κ2) is 12.8. The number of aliphatic imine (C=N–C) groups is 1. The van der Waals surface area contributed by atoms with Crippen LogP contribution in [0.15, 0.2) is 41.7 Å². The van der Waals surface area contributed by atoms with Crippen LogP contribution in [0.4, 0.5) is 0 Å². The van der Waals surface area contributed by atoms with Crippen molar-refractivity contribution in [2.24, 2.45) is 12.0 Å². The van der Waals surface area contributed by atoms with Crippen LogP contribution in [-0.4, -0.2) is 76.3 Å². The number of aryl methyl sites for hydroxylation is 1. The van der Waals surface area contributed by atoms with E-state index in [9.17, 15) is 0 Å². The minimum absolute atomic E-state index is 0. The van der Waals surface area contributed by atoms with Gasteiger partial charge < -0.3 is 10.6 Å². The van der Waals surface area contributed by atoms with E-state index >= 15 is 0 Å². The first kappa shape index (κ1) is 23.6. The molecule has 0 atom stereocenters. The predicted octanol–water partition coefficient (Wildman–Crippen LogP) is 1.31. The molecule has 3 rings (SSSR count). The Morgan fingerprint density at radius 1 is 1.07 bits per heavy atom. The third-order valence-corrected chi connectivity index (χ3v) is 4.96. The zero-order chi connectivity index (χ0) is 19.6. The number of aromatic nitrogens is 3. The van der Waals surface area contributed by atoms with Gasteiger partial charge in [0.2, 0.25) is 0 Å². The maximum atomic E-state index is 4.60. The van der Waals surface area contributed by atoms with E-state index in [1.54, 1.807) is 11.0 Å². The summed E-state index contributed by atoms with van der Waals surface area (Å²) in [6.07, 6.45) is 1.56. The Morgan fingerprint density at radius 2 is 1.79 bits per heavy atom. The van der Waals surface area contributed by atoms with Gasteiger partial charge in [0.1, 0.15) is 18.7 Å². The summed E-state index contributed by atoms with van der Waals surface area (Å²) >= 11 is 0. The zero-order valence-electron chi connectivity index (χ0n) is 17.4. The Morgan fingerprint density at radius 3 is 2.45 bits per heavy atom. The number of benzene rings is 1. The van der Waals surface area contributed by atoms with Crippen LogP contribution in [0.2, 0.25) is 0 Å². The molecule has 0 unspecified atom stereocenters. The molecule has 0 bridgehead atoms. The molecule has 1 saturated heterocycles. The lowest BCUT2D eigenvalue weighted by Gasteiger charge is -2.34. The van der Waals surface area contributed by atoms with E-state index in [1.165, 1.54) is 5.56 Å². The minimum atomic E-state index is 0. The van der Waals surface area contributed by atoms with Gasteiger partial charge in [0, 0.05) is 59.4 Å². The van der Waals surface area contributed by atoms with E-state index in [0.717, 1.165) is 64.1 Å². The third kappa shape index (κ3) is 7.90. The van der Waals surface area contributed by atoms with Crippen molar-refractivity contribution in [3.05, 3.63) is 48.0 Å². The molecule has 2 N–H and O–H groups in total. The highest BCUT2D eigenvalue weighted by molar-refractivity contribution is 14.0. The zero-order valence-corrected chi connectivity index (χ0v) is 19.7. The van der Waals surface area contributed by atoms with Crippen LogP contribution in [0.25, 0.3) is 0 Å². The van der Waals surface area contributed by atoms with Gasteiger partial charge in [0.05, 0.1) is 0 Å². The second-order valence-corrected chi connectivity index (χ2v) is 7.03. The lowest BCUT2D eigenvalue weighted by Crippen LogP contribution is -2.49. The quantitative estimate of drug-likeness (QED) is 0.316. The molecule has 0 saturated carbocycles. The first-order valence-electron chi connectivity index (χ1n) is 10.1. The summed E-state index contributed by atoms with van der Waals surface area (Å²) in [7, 11) is 1.88. The minimum Gasteiger partial charge on any atom is -0.357 e. The molecule has 1 aliphatic rings. The van der Waals surface area contributed by atoms with Gasteiger partial charge in [-0.25, -0.2) is 9.98 Å². The van der Waals surface area contributed by atoms with Crippen molar-refractivity contribution >= 4 is 29.9 Å². The molecule has 29 heavy (non-hydrogen) atoms. The largest absolute Gasteiger partial charge is 0.357 e. The van der Waals surface area contributed by atoms with Gasteiger partial charge in [-0.2, -0.15) is 5.10 Å². The maximum Gasteiger partial charge on any atom is 0.191 e. The Labute approximate surface area is 190 Å². The van der Waals surface area contributed by atoms with Crippen LogP contribution < -0.4 is 10.6 Å². The van der Waals surface area contributed by atoms with Gasteiger partial charge in [-0.05, 0) is 12.5 Å². The van der Waals surface area contributed by atoms with Crippen LogP contribution in [0.5, 0.6) is 0 Å². The summed E-state index contributed by atoms with van der Waals surface area (Å²) in [5, 5.41) is 10.8. The highest BCUT2D eigenvalue weighted by Gasteiger charge is 2.16. The average Bonchev–Trinajstić information content (AvgIpc) is 3.13. The number of guanidine groups is 1. The van der Waals surface area contributed by atoms with Gasteiger partial charge in [0.15, 0.2) is 5.96 Å². The lowest BCUT2D eigenvalue weighted by atomic mass is 10.2. The summed E-state index contributed by atoms with van der Waals surface area (Å²) in [4.78, 5) is 13.9. The smallest absolute Gasteiger partial charge is 0.191 e. The molecule has 1 aromatic heterocycles. The number of hydrogen-bond acceptors (Lipinski definition) is 5. The van der Waals surface area contributed by atoms with E-state index in [-0.39, 0.29) is 24.0 Å².